The van der Waals surface area contributed by atoms with Gasteiger partial charge in [0.15, 0.2) is 0 Å². The van der Waals surface area contributed by atoms with E-state index in [0.717, 1.165) is 34.0 Å². The van der Waals surface area contributed by atoms with Crippen LogP contribution in [0.1, 0.15) is 35.7 Å². The van der Waals surface area contributed by atoms with E-state index < -0.39 is 18.0 Å². The van der Waals surface area contributed by atoms with Gasteiger partial charge < -0.3 is 16.8 Å². The van der Waals surface area contributed by atoms with Crippen molar-refractivity contribution in [3.63, 3.8) is 0 Å². The number of nitrogens with zero attached hydrogens (tertiary/aromatic N) is 3. The van der Waals surface area contributed by atoms with Gasteiger partial charge in [-0.25, -0.2) is 4.98 Å². The Morgan fingerprint density at radius 2 is 1.81 bits per heavy atom. The van der Waals surface area contributed by atoms with Gasteiger partial charge in [-0.1, -0.05) is 36.4 Å². The number of rotatable bonds is 7. The number of primary amides is 1. The third-order valence-corrected chi connectivity index (χ3v) is 6.94. The summed E-state index contributed by atoms with van der Waals surface area (Å²) >= 11 is 0. The zero-order valence-corrected chi connectivity index (χ0v) is 22.4. The van der Waals surface area contributed by atoms with Gasteiger partial charge in [0.2, 0.25) is 11.8 Å². The maximum absolute atomic E-state index is 13.0. The number of pyridine rings is 1. The second kappa shape index (κ2) is 12.7. The Labute approximate surface area is 229 Å². The van der Waals surface area contributed by atoms with Gasteiger partial charge in [0.1, 0.15) is 5.82 Å². The summed E-state index contributed by atoms with van der Waals surface area (Å²) in [7, 11) is 0. The molecule has 2 amide bonds. The lowest BCUT2D eigenvalue weighted by Crippen LogP contribution is -2.51. The number of aryl methyl sites for hydroxylation is 1. The van der Waals surface area contributed by atoms with Crippen LogP contribution in [-0.4, -0.2) is 40.3 Å². The number of fused-ring (bicyclic) bond motifs is 1. The molecule has 3 aromatic rings. The largest absolute Gasteiger partial charge is 0.384 e. The third-order valence-electron chi connectivity index (χ3n) is 6.94. The van der Waals surface area contributed by atoms with Crippen molar-refractivity contribution in [2.24, 2.45) is 11.7 Å². The quantitative estimate of drug-likeness (QED) is 0.418. The second-order valence-corrected chi connectivity index (χ2v) is 9.22. The van der Waals surface area contributed by atoms with E-state index in [4.69, 9.17) is 11.5 Å². The van der Waals surface area contributed by atoms with Crippen LogP contribution in [0.25, 0.3) is 10.8 Å². The molecule has 1 aliphatic heterocycles. The number of nitrogens with two attached hydrogens (primary N) is 2. The summed E-state index contributed by atoms with van der Waals surface area (Å²) in [5.74, 6) is 0.00314. The Balaban J connectivity index is 0.00000241. The van der Waals surface area contributed by atoms with Crippen LogP contribution in [0, 0.1) is 24.2 Å². The van der Waals surface area contributed by atoms with Crippen molar-refractivity contribution in [1.82, 2.24) is 15.2 Å². The average Bonchev–Trinajstić information content (AvgIpc) is 3.27. The number of nitrogens with one attached hydrogen (secondary N) is 1. The highest BCUT2D eigenvalue weighted by Crippen LogP contribution is 2.31. The summed E-state index contributed by atoms with van der Waals surface area (Å²) in [4.78, 5) is 31.4. The SMILES string of the molecule is Cc1nc(N)ccc1CNC(=O)[C@H](C)N1CC(Cc2ccc(C#N)c3ccccc23)CC1C(N)=O.Cl.Cl. The van der Waals surface area contributed by atoms with E-state index in [2.05, 4.69) is 16.4 Å². The molecule has 5 N–H and O–H groups in total. The molecule has 4 rings (SSSR count). The molecule has 0 bridgehead atoms. The molecule has 2 unspecified atom stereocenters. The topological polar surface area (TPSA) is 138 Å². The number of aromatic nitrogens is 1. The van der Waals surface area contributed by atoms with Crippen molar-refractivity contribution in [1.29, 1.82) is 5.26 Å². The lowest BCUT2D eigenvalue weighted by molar-refractivity contribution is -0.129. The summed E-state index contributed by atoms with van der Waals surface area (Å²) < 4.78 is 0. The molecular weight excluding hydrogens is 511 g/mol. The van der Waals surface area contributed by atoms with E-state index in [1.54, 1.807) is 13.0 Å². The van der Waals surface area contributed by atoms with E-state index in [1.165, 1.54) is 0 Å². The first-order valence-corrected chi connectivity index (χ1v) is 11.7. The molecule has 1 saturated heterocycles. The minimum atomic E-state index is -0.516. The summed E-state index contributed by atoms with van der Waals surface area (Å²) in [6.07, 6.45) is 1.32. The molecule has 0 radical (unpaired) electrons. The number of nitrogen functional groups attached to an aromatic ring is 1. The number of hydrogen-bond acceptors (Lipinski definition) is 6. The van der Waals surface area contributed by atoms with Gasteiger partial charge in [-0.15, -0.1) is 24.8 Å². The molecular formula is C27H32Cl2N6O2. The molecule has 1 aromatic heterocycles. The van der Waals surface area contributed by atoms with Crippen LogP contribution in [0.15, 0.2) is 48.5 Å². The van der Waals surface area contributed by atoms with Crippen LogP contribution in [0.2, 0.25) is 0 Å². The van der Waals surface area contributed by atoms with Crippen molar-refractivity contribution in [2.45, 2.75) is 45.3 Å². The van der Waals surface area contributed by atoms with Gasteiger partial charge in [-0.2, -0.15) is 5.26 Å². The molecule has 1 fully saturated rings. The summed E-state index contributed by atoms with van der Waals surface area (Å²) in [6.45, 7) is 4.57. The summed E-state index contributed by atoms with van der Waals surface area (Å²) in [5.41, 5.74) is 14.9. The third kappa shape index (κ3) is 6.50. The van der Waals surface area contributed by atoms with E-state index >= 15 is 0 Å². The number of carbonyl (C=O) groups is 2. The monoisotopic (exact) mass is 542 g/mol. The fraction of sp³-hybridized carbons (Fsp3) is 0.333. The second-order valence-electron chi connectivity index (χ2n) is 9.22. The molecule has 8 nitrogen and oxygen atoms in total. The lowest BCUT2D eigenvalue weighted by atomic mass is 9.91. The normalized spacial score (nSPS) is 17.8. The highest BCUT2D eigenvalue weighted by atomic mass is 35.5. The number of halogens is 2. The van der Waals surface area contributed by atoms with Crippen molar-refractivity contribution in [2.75, 3.05) is 12.3 Å². The number of nitriles is 1. The van der Waals surface area contributed by atoms with Gasteiger partial charge in [-0.3, -0.25) is 14.5 Å². The van der Waals surface area contributed by atoms with Gasteiger partial charge in [-0.05, 0) is 66.6 Å². The van der Waals surface area contributed by atoms with Gasteiger partial charge in [0, 0.05) is 18.8 Å². The molecule has 2 heterocycles. The van der Waals surface area contributed by atoms with E-state index in [1.807, 2.05) is 54.3 Å². The minimum Gasteiger partial charge on any atom is -0.384 e. The molecule has 196 valence electrons. The predicted molar refractivity (Wildman–Crippen MR) is 149 cm³/mol. The van der Waals surface area contributed by atoms with E-state index in [0.29, 0.717) is 30.9 Å². The molecule has 0 spiro atoms. The van der Waals surface area contributed by atoms with Crippen LogP contribution in [-0.2, 0) is 22.6 Å². The highest BCUT2D eigenvalue weighted by molar-refractivity contribution is 5.90. The van der Waals surface area contributed by atoms with Crippen LogP contribution in [0.4, 0.5) is 5.82 Å². The first kappa shape index (κ1) is 29.8. The average molecular weight is 543 g/mol. The zero-order chi connectivity index (χ0) is 25.1. The van der Waals surface area contributed by atoms with E-state index in [9.17, 15) is 14.9 Å². The predicted octanol–water partition coefficient (Wildman–Crippen LogP) is 3.26. The molecule has 0 saturated carbocycles. The fourth-order valence-corrected chi connectivity index (χ4v) is 5.03. The zero-order valence-electron chi connectivity index (χ0n) is 20.8. The van der Waals surface area contributed by atoms with Crippen molar-refractivity contribution >= 4 is 53.2 Å². The molecule has 1 aliphatic rings. The number of benzene rings is 2. The Morgan fingerprint density at radius 1 is 1.14 bits per heavy atom. The Bertz CT molecular complexity index is 1330. The Kier molecular flexibility index (Phi) is 10.3. The lowest BCUT2D eigenvalue weighted by Gasteiger charge is -2.28. The first-order chi connectivity index (χ1) is 16.8. The molecule has 37 heavy (non-hydrogen) atoms. The van der Waals surface area contributed by atoms with Gasteiger partial charge >= 0.3 is 0 Å². The van der Waals surface area contributed by atoms with Crippen molar-refractivity contribution < 1.29 is 9.59 Å². The number of hydrogen-bond donors (Lipinski definition) is 3. The maximum Gasteiger partial charge on any atom is 0.237 e. The van der Waals surface area contributed by atoms with Crippen LogP contribution < -0.4 is 16.8 Å². The Morgan fingerprint density at radius 3 is 2.46 bits per heavy atom. The smallest absolute Gasteiger partial charge is 0.237 e. The summed E-state index contributed by atoms with van der Waals surface area (Å²) in [6, 6.07) is 16.5. The van der Waals surface area contributed by atoms with Crippen molar-refractivity contribution in [3.8, 4) is 6.07 Å². The Hall–Kier alpha value is -3.38. The molecule has 2 aromatic carbocycles. The number of likely N-dealkylation sites (tertiary alicyclic amines) is 1. The molecule has 3 atom stereocenters. The first-order valence-electron chi connectivity index (χ1n) is 11.7. The van der Waals surface area contributed by atoms with Gasteiger partial charge in [0.05, 0.1) is 23.7 Å². The van der Waals surface area contributed by atoms with Gasteiger partial charge in [0.25, 0.3) is 0 Å². The number of carbonyl (C=O) groups excluding carboxylic acids is 2. The summed E-state index contributed by atoms with van der Waals surface area (Å²) in [5, 5.41) is 14.4. The van der Waals surface area contributed by atoms with E-state index in [-0.39, 0.29) is 36.6 Å². The van der Waals surface area contributed by atoms with Crippen LogP contribution >= 0.6 is 24.8 Å². The fourth-order valence-electron chi connectivity index (χ4n) is 5.03. The highest BCUT2D eigenvalue weighted by Gasteiger charge is 2.40. The van der Waals surface area contributed by atoms with Crippen LogP contribution in [0.3, 0.4) is 0 Å². The molecule has 0 aliphatic carbocycles. The minimum absolute atomic E-state index is 0. The van der Waals surface area contributed by atoms with Crippen LogP contribution in [0.5, 0.6) is 0 Å². The standard InChI is InChI=1S/C27H30N6O2.2ClH/c1-16-21(9-10-25(29)32-16)14-31-27(35)17(2)33-15-18(12-24(33)26(30)34)11-19-7-8-20(13-28)23-6-4-3-5-22(19)23;;/h3-10,17-18,24H,11-12,14-15H2,1-2H3,(H2,29,32)(H2,30,34)(H,31,35);2*1H/t17-,18?,24?;;/m0../s1. The maximum atomic E-state index is 13.0. The molecule has 10 heteroatoms. The van der Waals surface area contributed by atoms with Crippen molar-refractivity contribution in [3.05, 3.63) is 70.9 Å². The number of amides is 2. The number of anilines is 1.